The summed E-state index contributed by atoms with van der Waals surface area (Å²) in [4.78, 5) is 7.32. The summed E-state index contributed by atoms with van der Waals surface area (Å²) < 4.78 is 21.5. The van der Waals surface area contributed by atoms with E-state index in [4.69, 9.17) is 0 Å². The van der Waals surface area contributed by atoms with Gasteiger partial charge in [-0.05, 0) is 42.6 Å². The number of rotatable bonds is 4. The van der Waals surface area contributed by atoms with Gasteiger partial charge in [0.25, 0.3) is 0 Å². The molecule has 2 N–H and O–H groups in total. The summed E-state index contributed by atoms with van der Waals surface area (Å²) in [5, 5.41) is 4.17. The van der Waals surface area contributed by atoms with Crippen LogP contribution in [-0.4, -0.2) is 24.4 Å². The lowest BCUT2D eigenvalue weighted by Crippen LogP contribution is -2.01. The number of nitrogens with zero attached hydrogens (tertiary/aromatic N) is 2. The van der Waals surface area contributed by atoms with E-state index in [0.29, 0.717) is 5.95 Å². The van der Waals surface area contributed by atoms with Crippen molar-refractivity contribution >= 4 is 22.7 Å². The number of imidazole rings is 1. The second kappa shape index (κ2) is 5.77. The molecule has 6 nitrogen and oxygen atoms in total. The quantitative estimate of drug-likeness (QED) is 0.506. The summed E-state index contributed by atoms with van der Waals surface area (Å²) in [7, 11) is 0. The number of aromatic nitrogens is 2. The Bertz CT molecular complexity index is 619. The van der Waals surface area contributed by atoms with Gasteiger partial charge in [0.15, 0.2) is 0 Å². The standard InChI is InChI=1S/C12H14N4O2S/c1-8-7-13-12(14-8)16-15-9(2)10-3-5-11(6-4-10)19(17)18/h3-7H,1-2H3,(H,17,18)(H2,13,14,16)/p-1/b15-9+. The van der Waals surface area contributed by atoms with Gasteiger partial charge in [-0.1, -0.05) is 12.1 Å². The molecule has 0 fully saturated rings. The minimum absolute atomic E-state index is 0.256. The Labute approximate surface area is 113 Å². The summed E-state index contributed by atoms with van der Waals surface area (Å²) in [5.41, 5.74) is 5.31. The summed E-state index contributed by atoms with van der Waals surface area (Å²) in [6.07, 6.45) is 1.70. The maximum Gasteiger partial charge on any atom is 0.221 e. The zero-order valence-corrected chi connectivity index (χ0v) is 11.3. The predicted molar refractivity (Wildman–Crippen MR) is 72.8 cm³/mol. The molecule has 0 spiro atoms. The van der Waals surface area contributed by atoms with Crippen molar-refractivity contribution in [3.05, 3.63) is 41.7 Å². The smallest absolute Gasteiger partial charge is 0.221 e. The van der Waals surface area contributed by atoms with Crippen molar-refractivity contribution in [2.75, 3.05) is 5.43 Å². The van der Waals surface area contributed by atoms with Crippen LogP contribution in [0.15, 0.2) is 40.5 Å². The minimum Gasteiger partial charge on any atom is -0.768 e. The highest BCUT2D eigenvalue weighted by Gasteiger charge is 1.99. The van der Waals surface area contributed by atoms with Gasteiger partial charge in [0.05, 0.1) is 5.71 Å². The number of nitrogens with one attached hydrogen (secondary N) is 2. The molecule has 2 aromatic rings. The Hall–Kier alpha value is -1.99. The first-order valence-corrected chi connectivity index (χ1v) is 6.65. The highest BCUT2D eigenvalue weighted by atomic mass is 32.2. The van der Waals surface area contributed by atoms with Crippen molar-refractivity contribution in [1.82, 2.24) is 9.97 Å². The van der Waals surface area contributed by atoms with Gasteiger partial charge in [0, 0.05) is 16.8 Å². The van der Waals surface area contributed by atoms with Gasteiger partial charge in [-0.25, -0.2) is 10.4 Å². The first-order chi connectivity index (χ1) is 9.06. The van der Waals surface area contributed by atoms with Gasteiger partial charge >= 0.3 is 0 Å². The van der Waals surface area contributed by atoms with Crippen LogP contribution in [0.2, 0.25) is 0 Å². The highest BCUT2D eigenvalue weighted by Crippen LogP contribution is 2.09. The fraction of sp³-hybridized carbons (Fsp3) is 0.167. The largest absolute Gasteiger partial charge is 0.768 e. The fourth-order valence-corrected chi connectivity index (χ4v) is 1.84. The lowest BCUT2D eigenvalue weighted by Gasteiger charge is -2.06. The van der Waals surface area contributed by atoms with Gasteiger partial charge in [-0.15, -0.1) is 0 Å². The first-order valence-electron chi connectivity index (χ1n) is 5.58. The molecule has 19 heavy (non-hydrogen) atoms. The average Bonchev–Trinajstić information content (AvgIpc) is 2.82. The lowest BCUT2D eigenvalue weighted by molar-refractivity contribution is 0.537. The van der Waals surface area contributed by atoms with Crippen molar-refractivity contribution in [1.29, 1.82) is 0 Å². The molecule has 1 atom stereocenters. The Morgan fingerprint density at radius 1 is 1.42 bits per heavy atom. The molecule has 0 radical (unpaired) electrons. The first kappa shape index (κ1) is 13.4. The number of benzene rings is 1. The number of anilines is 1. The van der Waals surface area contributed by atoms with Crippen LogP contribution in [0.25, 0.3) is 0 Å². The van der Waals surface area contributed by atoms with E-state index < -0.39 is 11.1 Å². The normalized spacial score (nSPS) is 13.3. The van der Waals surface area contributed by atoms with Crippen LogP contribution in [-0.2, 0) is 11.1 Å². The molecule has 1 aromatic carbocycles. The van der Waals surface area contributed by atoms with Crippen molar-refractivity contribution in [3.63, 3.8) is 0 Å². The Morgan fingerprint density at radius 2 is 2.11 bits per heavy atom. The molecule has 0 saturated heterocycles. The van der Waals surface area contributed by atoms with Crippen LogP contribution in [0.3, 0.4) is 0 Å². The molecular formula is C12H13N4O2S-. The molecule has 0 aliphatic heterocycles. The summed E-state index contributed by atoms with van der Waals surface area (Å²) >= 11 is -2.20. The van der Waals surface area contributed by atoms with E-state index in [1.165, 1.54) is 12.1 Å². The van der Waals surface area contributed by atoms with Gasteiger partial charge in [-0.2, -0.15) is 5.10 Å². The van der Waals surface area contributed by atoms with Crippen molar-refractivity contribution < 1.29 is 8.76 Å². The molecule has 0 aliphatic carbocycles. The Kier molecular flexibility index (Phi) is 4.08. The molecule has 7 heteroatoms. The molecule has 0 bridgehead atoms. The van der Waals surface area contributed by atoms with Crippen LogP contribution >= 0.6 is 0 Å². The minimum atomic E-state index is -2.20. The maximum atomic E-state index is 10.7. The topological polar surface area (TPSA) is 93.2 Å². The van der Waals surface area contributed by atoms with Crippen molar-refractivity contribution in [2.24, 2.45) is 5.10 Å². The molecular weight excluding hydrogens is 264 g/mol. The summed E-state index contributed by atoms with van der Waals surface area (Å²) in [5.74, 6) is 0.564. The number of aryl methyl sites for hydroxylation is 1. The van der Waals surface area contributed by atoms with E-state index in [-0.39, 0.29) is 4.90 Å². The molecule has 100 valence electrons. The van der Waals surface area contributed by atoms with E-state index in [9.17, 15) is 8.76 Å². The molecule has 0 saturated carbocycles. The molecule has 0 amide bonds. The van der Waals surface area contributed by atoms with Crippen LogP contribution in [0.1, 0.15) is 18.2 Å². The van der Waals surface area contributed by atoms with Crippen LogP contribution in [0, 0.1) is 6.92 Å². The van der Waals surface area contributed by atoms with Gasteiger partial charge in [-0.3, -0.25) is 4.21 Å². The molecule has 1 unspecified atom stereocenters. The van der Waals surface area contributed by atoms with Crippen LogP contribution in [0.5, 0.6) is 0 Å². The molecule has 1 heterocycles. The molecule has 1 aromatic heterocycles. The van der Waals surface area contributed by atoms with E-state index in [0.717, 1.165) is 17.0 Å². The lowest BCUT2D eigenvalue weighted by atomic mass is 10.1. The number of hydrogen-bond donors (Lipinski definition) is 2. The van der Waals surface area contributed by atoms with Crippen LogP contribution < -0.4 is 5.43 Å². The molecule has 0 aliphatic rings. The average molecular weight is 277 g/mol. The number of hydrogen-bond acceptors (Lipinski definition) is 5. The third-order valence-corrected chi connectivity index (χ3v) is 3.15. The third kappa shape index (κ3) is 3.49. The van der Waals surface area contributed by atoms with Gasteiger partial charge in [0.1, 0.15) is 0 Å². The maximum absolute atomic E-state index is 10.7. The van der Waals surface area contributed by atoms with E-state index in [1.54, 1.807) is 18.3 Å². The van der Waals surface area contributed by atoms with Gasteiger partial charge in [0.2, 0.25) is 5.95 Å². The Morgan fingerprint density at radius 3 is 2.63 bits per heavy atom. The van der Waals surface area contributed by atoms with E-state index in [2.05, 4.69) is 20.5 Å². The van der Waals surface area contributed by atoms with Gasteiger partial charge < -0.3 is 9.54 Å². The van der Waals surface area contributed by atoms with E-state index in [1.807, 2.05) is 13.8 Å². The number of aromatic amines is 1. The summed E-state index contributed by atoms with van der Waals surface area (Å²) in [6.45, 7) is 3.72. The summed E-state index contributed by atoms with van der Waals surface area (Å²) in [6, 6.07) is 6.49. The predicted octanol–water partition coefficient (Wildman–Crippen LogP) is 1.79. The zero-order valence-electron chi connectivity index (χ0n) is 10.5. The second-order valence-electron chi connectivity index (χ2n) is 3.98. The zero-order chi connectivity index (χ0) is 13.8. The highest BCUT2D eigenvalue weighted by molar-refractivity contribution is 7.79. The van der Waals surface area contributed by atoms with Crippen LogP contribution in [0.4, 0.5) is 5.95 Å². The third-order valence-electron chi connectivity index (χ3n) is 2.50. The number of H-pyrrole nitrogens is 1. The van der Waals surface area contributed by atoms with E-state index >= 15 is 0 Å². The number of hydrazone groups is 1. The Balaban J connectivity index is 2.10. The second-order valence-corrected chi connectivity index (χ2v) is 4.92. The molecule has 2 rings (SSSR count). The van der Waals surface area contributed by atoms with Crippen molar-refractivity contribution in [3.8, 4) is 0 Å². The monoisotopic (exact) mass is 277 g/mol. The van der Waals surface area contributed by atoms with Crippen molar-refractivity contribution in [2.45, 2.75) is 18.7 Å². The SMILES string of the molecule is C/C(=N\Nc1ncc(C)[nH]1)c1ccc(S(=O)[O-])cc1. The fourth-order valence-electron chi connectivity index (χ4n) is 1.48.